The number of carbonyl (C=O) groups excluding carboxylic acids is 1. The molecule has 1 fully saturated rings. The molecule has 0 aromatic carbocycles. The van der Waals surface area contributed by atoms with E-state index in [1.54, 1.807) is 17.3 Å². The summed E-state index contributed by atoms with van der Waals surface area (Å²) < 4.78 is 5.69. The Labute approximate surface area is 122 Å². The Kier molecular flexibility index (Phi) is 3.66. The fraction of sp³-hybridized carbons (Fsp3) is 0.429. The monoisotopic (exact) mass is 287 g/mol. The van der Waals surface area contributed by atoms with Crippen LogP contribution in [0.4, 0.5) is 0 Å². The van der Waals surface area contributed by atoms with Gasteiger partial charge in [0.1, 0.15) is 17.6 Å². The van der Waals surface area contributed by atoms with E-state index >= 15 is 0 Å². The number of ether oxygens (including phenoxy) is 1. The van der Waals surface area contributed by atoms with Crippen LogP contribution in [0.3, 0.4) is 0 Å². The van der Waals surface area contributed by atoms with Crippen molar-refractivity contribution in [2.75, 3.05) is 19.7 Å². The fourth-order valence-corrected chi connectivity index (χ4v) is 2.26. The summed E-state index contributed by atoms with van der Waals surface area (Å²) in [5.74, 6) is 0.624. The second-order valence-electron chi connectivity index (χ2n) is 5.11. The minimum atomic E-state index is -0.227. The van der Waals surface area contributed by atoms with Crippen LogP contribution in [-0.2, 0) is 4.74 Å². The summed E-state index contributed by atoms with van der Waals surface area (Å²) >= 11 is 0. The maximum atomic E-state index is 12.4. The number of hydrogen-bond donors (Lipinski definition) is 1. The smallest absolute Gasteiger partial charge is 0.274 e. The van der Waals surface area contributed by atoms with E-state index in [0.29, 0.717) is 25.4 Å². The van der Waals surface area contributed by atoms with Crippen molar-refractivity contribution in [3.63, 3.8) is 0 Å². The SMILES string of the molecule is Cc1cnc(C(=O)N2CCO[C@H](c3ncc(C)[nH]3)C2)cn1. The van der Waals surface area contributed by atoms with Crippen molar-refractivity contribution >= 4 is 5.91 Å². The average Bonchev–Trinajstić information content (AvgIpc) is 2.94. The van der Waals surface area contributed by atoms with Crippen LogP contribution in [0.1, 0.15) is 33.8 Å². The topological polar surface area (TPSA) is 84.0 Å². The summed E-state index contributed by atoms with van der Waals surface area (Å²) in [6, 6.07) is 0. The Balaban J connectivity index is 1.73. The fourth-order valence-electron chi connectivity index (χ4n) is 2.26. The van der Waals surface area contributed by atoms with Crippen molar-refractivity contribution < 1.29 is 9.53 Å². The summed E-state index contributed by atoms with van der Waals surface area (Å²) in [7, 11) is 0. The summed E-state index contributed by atoms with van der Waals surface area (Å²) in [4.78, 5) is 29.8. The Morgan fingerprint density at radius 1 is 1.29 bits per heavy atom. The molecule has 2 aromatic rings. The van der Waals surface area contributed by atoms with Gasteiger partial charge >= 0.3 is 0 Å². The van der Waals surface area contributed by atoms with Gasteiger partial charge in [0.15, 0.2) is 0 Å². The number of morpholine rings is 1. The average molecular weight is 287 g/mol. The molecule has 1 saturated heterocycles. The van der Waals surface area contributed by atoms with Gasteiger partial charge in [-0.2, -0.15) is 0 Å². The van der Waals surface area contributed by atoms with Gasteiger partial charge in [0.05, 0.1) is 25.0 Å². The van der Waals surface area contributed by atoms with Crippen LogP contribution in [0, 0.1) is 13.8 Å². The van der Waals surface area contributed by atoms with Crippen molar-refractivity contribution in [3.05, 3.63) is 41.5 Å². The Hall–Kier alpha value is -2.28. The number of nitrogens with one attached hydrogen (secondary N) is 1. The number of aryl methyl sites for hydroxylation is 2. The molecule has 7 heteroatoms. The van der Waals surface area contributed by atoms with Crippen molar-refractivity contribution in [2.24, 2.45) is 0 Å². The molecule has 7 nitrogen and oxygen atoms in total. The quantitative estimate of drug-likeness (QED) is 0.892. The molecule has 110 valence electrons. The lowest BCUT2D eigenvalue weighted by atomic mass is 10.2. The van der Waals surface area contributed by atoms with Gasteiger partial charge in [0.25, 0.3) is 5.91 Å². The zero-order valence-corrected chi connectivity index (χ0v) is 12.0. The van der Waals surface area contributed by atoms with E-state index in [0.717, 1.165) is 17.2 Å². The molecule has 1 atom stereocenters. The van der Waals surface area contributed by atoms with Crippen LogP contribution < -0.4 is 0 Å². The molecule has 0 bridgehead atoms. The van der Waals surface area contributed by atoms with E-state index in [4.69, 9.17) is 4.74 Å². The van der Waals surface area contributed by atoms with Gasteiger partial charge in [-0.25, -0.2) is 9.97 Å². The highest BCUT2D eigenvalue weighted by Crippen LogP contribution is 2.20. The van der Waals surface area contributed by atoms with Gasteiger partial charge in [0, 0.05) is 24.6 Å². The van der Waals surface area contributed by atoms with Crippen molar-refractivity contribution in [1.29, 1.82) is 0 Å². The third kappa shape index (κ3) is 2.92. The number of aromatic amines is 1. The van der Waals surface area contributed by atoms with Gasteiger partial charge < -0.3 is 14.6 Å². The molecule has 1 aliphatic heterocycles. The minimum absolute atomic E-state index is 0.126. The minimum Gasteiger partial charge on any atom is -0.367 e. The van der Waals surface area contributed by atoms with Crippen molar-refractivity contribution in [1.82, 2.24) is 24.8 Å². The number of H-pyrrole nitrogens is 1. The highest BCUT2D eigenvalue weighted by molar-refractivity contribution is 5.92. The first-order valence-electron chi connectivity index (χ1n) is 6.84. The number of hydrogen-bond acceptors (Lipinski definition) is 5. The van der Waals surface area contributed by atoms with Crippen molar-refractivity contribution in [2.45, 2.75) is 20.0 Å². The van der Waals surface area contributed by atoms with Crippen LogP contribution in [0.5, 0.6) is 0 Å². The first-order valence-corrected chi connectivity index (χ1v) is 6.84. The van der Waals surface area contributed by atoms with E-state index in [1.165, 1.54) is 6.20 Å². The number of amides is 1. The lowest BCUT2D eigenvalue weighted by molar-refractivity contribution is -0.0266. The normalized spacial score (nSPS) is 18.8. The molecule has 0 saturated carbocycles. The molecule has 2 aromatic heterocycles. The summed E-state index contributed by atoms with van der Waals surface area (Å²) in [5.41, 5.74) is 2.12. The zero-order valence-electron chi connectivity index (χ0n) is 12.0. The molecule has 0 aliphatic carbocycles. The van der Waals surface area contributed by atoms with Crippen LogP contribution in [-0.4, -0.2) is 50.4 Å². The predicted molar refractivity (Wildman–Crippen MR) is 74.7 cm³/mol. The summed E-state index contributed by atoms with van der Waals surface area (Å²) in [6.07, 6.45) is 4.64. The van der Waals surface area contributed by atoms with Crippen LogP contribution >= 0.6 is 0 Å². The number of nitrogens with zero attached hydrogens (tertiary/aromatic N) is 4. The van der Waals surface area contributed by atoms with Gasteiger partial charge in [-0.05, 0) is 13.8 Å². The van der Waals surface area contributed by atoms with Gasteiger partial charge in [-0.1, -0.05) is 0 Å². The second-order valence-corrected chi connectivity index (χ2v) is 5.11. The second kappa shape index (κ2) is 5.61. The lowest BCUT2D eigenvalue weighted by Gasteiger charge is -2.31. The first-order chi connectivity index (χ1) is 10.1. The summed E-state index contributed by atoms with van der Waals surface area (Å²) in [6.45, 7) is 5.26. The Morgan fingerprint density at radius 2 is 2.14 bits per heavy atom. The molecular formula is C14H17N5O2. The molecule has 0 spiro atoms. The maximum Gasteiger partial charge on any atom is 0.274 e. The molecule has 0 unspecified atom stereocenters. The molecule has 3 rings (SSSR count). The lowest BCUT2D eigenvalue weighted by Crippen LogP contribution is -2.42. The molecule has 3 heterocycles. The van der Waals surface area contributed by atoms with E-state index in [2.05, 4.69) is 19.9 Å². The van der Waals surface area contributed by atoms with Crippen molar-refractivity contribution in [3.8, 4) is 0 Å². The van der Waals surface area contributed by atoms with Crippen LogP contribution in [0.2, 0.25) is 0 Å². The van der Waals surface area contributed by atoms with Gasteiger partial charge in [-0.3, -0.25) is 9.78 Å². The molecule has 1 amide bonds. The highest BCUT2D eigenvalue weighted by atomic mass is 16.5. The Morgan fingerprint density at radius 3 is 2.81 bits per heavy atom. The highest BCUT2D eigenvalue weighted by Gasteiger charge is 2.28. The Bertz CT molecular complexity index is 637. The van der Waals surface area contributed by atoms with E-state index in [-0.39, 0.29) is 12.0 Å². The third-order valence-corrected chi connectivity index (χ3v) is 3.38. The van der Waals surface area contributed by atoms with E-state index < -0.39 is 0 Å². The van der Waals surface area contributed by atoms with Crippen LogP contribution in [0.25, 0.3) is 0 Å². The summed E-state index contributed by atoms with van der Waals surface area (Å²) in [5, 5.41) is 0. The molecule has 1 N–H and O–H groups in total. The maximum absolute atomic E-state index is 12.4. The third-order valence-electron chi connectivity index (χ3n) is 3.38. The number of carbonyl (C=O) groups is 1. The van der Waals surface area contributed by atoms with Gasteiger partial charge in [0.2, 0.25) is 0 Å². The number of imidazole rings is 1. The molecular weight excluding hydrogens is 270 g/mol. The zero-order chi connectivity index (χ0) is 14.8. The van der Waals surface area contributed by atoms with E-state index in [1.807, 2.05) is 13.8 Å². The largest absolute Gasteiger partial charge is 0.367 e. The molecule has 0 radical (unpaired) electrons. The van der Waals surface area contributed by atoms with Crippen LogP contribution in [0.15, 0.2) is 18.6 Å². The van der Waals surface area contributed by atoms with Gasteiger partial charge in [-0.15, -0.1) is 0 Å². The number of rotatable bonds is 2. The molecule has 21 heavy (non-hydrogen) atoms. The molecule has 1 aliphatic rings. The first kappa shape index (κ1) is 13.7. The predicted octanol–water partition coefficient (Wildman–Crippen LogP) is 1.03. The van der Waals surface area contributed by atoms with E-state index in [9.17, 15) is 4.79 Å². The number of aromatic nitrogens is 4. The standard InChI is InChI=1S/C14H17N5O2/c1-9-5-16-11(7-15-9)14(20)19-3-4-21-12(8-19)13-17-6-10(2)18-13/h5-7,12H,3-4,8H2,1-2H3,(H,17,18)/t12-/m0/s1.